The lowest BCUT2D eigenvalue weighted by Gasteiger charge is -2.13. The van der Waals surface area contributed by atoms with Crippen molar-refractivity contribution in [2.24, 2.45) is 0 Å². The van der Waals surface area contributed by atoms with Crippen LogP contribution < -0.4 is 0 Å². The summed E-state index contributed by atoms with van der Waals surface area (Å²) in [5, 5.41) is 0. The van der Waals surface area contributed by atoms with Gasteiger partial charge in [0.2, 0.25) is 0 Å². The Morgan fingerprint density at radius 3 is 2.18 bits per heavy atom. The normalized spacial score (nSPS) is 32.3. The van der Waals surface area contributed by atoms with Crippen molar-refractivity contribution < 1.29 is 22.0 Å². The van der Waals surface area contributed by atoms with Gasteiger partial charge < -0.3 is 0 Å². The molecule has 0 amide bonds. The fourth-order valence-corrected chi connectivity index (χ4v) is 0.672. The highest BCUT2D eigenvalue weighted by Crippen LogP contribution is 2.31. The Morgan fingerprint density at radius 2 is 1.64 bits per heavy atom. The molecule has 0 bridgehead atoms. The van der Waals surface area contributed by atoms with Crippen LogP contribution in [-0.2, 0) is 0 Å². The zero-order valence-electron chi connectivity index (χ0n) is 5.12. The number of allylic oxidation sites excluding steroid dienone is 4. The maximum absolute atomic E-state index is 12.1. The molecule has 11 heavy (non-hydrogen) atoms. The molecule has 0 aromatic rings. The Bertz CT molecular complexity index is 229. The van der Waals surface area contributed by atoms with E-state index in [1.807, 2.05) is 0 Å². The van der Waals surface area contributed by atoms with Crippen molar-refractivity contribution in [3.05, 3.63) is 23.6 Å². The summed E-state index contributed by atoms with van der Waals surface area (Å²) in [5.41, 5.74) is 0. The largest absolute Gasteiger partial charge is 0.239 e. The van der Waals surface area contributed by atoms with Crippen LogP contribution in [0.1, 0.15) is 0 Å². The van der Waals surface area contributed by atoms with Crippen LogP contribution >= 0.6 is 0 Å². The molecule has 5 heteroatoms. The van der Waals surface area contributed by atoms with Gasteiger partial charge in [0.15, 0.2) is 29.8 Å². The molecule has 2 atom stereocenters. The van der Waals surface area contributed by atoms with Gasteiger partial charge >= 0.3 is 0 Å². The molecule has 0 fully saturated rings. The first-order valence-electron chi connectivity index (χ1n) is 2.75. The van der Waals surface area contributed by atoms with Crippen molar-refractivity contribution in [3.63, 3.8) is 0 Å². The molecular weight excluding hydrogens is 167 g/mol. The summed E-state index contributed by atoms with van der Waals surface area (Å²) in [7, 11) is 0. The van der Waals surface area contributed by atoms with Crippen LogP contribution in [0.15, 0.2) is 23.6 Å². The van der Waals surface area contributed by atoms with E-state index in [1.54, 1.807) is 0 Å². The molecule has 2 unspecified atom stereocenters. The van der Waals surface area contributed by atoms with Gasteiger partial charge in [-0.1, -0.05) is 0 Å². The highest BCUT2D eigenvalue weighted by molar-refractivity contribution is 5.31. The van der Waals surface area contributed by atoms with E-state index >= 15 is 0 Å². The zero-order valence-corrected chi connectivity index (χ0v) is 5.12. The third kappa shape index (κ3) is 1.27. The summed E-state index contributed by atoms with van der Waals surface area (Å²) >= 11 is 0. The van der Waals surface area contributed by atoms with Crippen LogP contribution in [-0.4, -0.2) is 12.3 Å². The summed E-state index contributed by atoms with van der Waals surface area (Å²) in [6.07, 6.45) is -5.09. The SMILES string of the molecule is FC1=CC(F)C(F)C(F)=C1F. The average Bonchev–Trinajstić information content (AvgIpc) is 1.97. The van der Waals surface area contributed by atoms with E-state index < -0.39 is 29.8 Å². The van der Waals surface area contributed by atoms with Crippen molar-refractivity contribution in [2.75, 3.05) is 0 Å². The Kier molecular flexibility index (Phi) is 1.97. The standard InChI is InChI=1S/C6H3F5/c7-2-1-3(8)5(10)6(11)4(2)9/h1-2,4H. The molecule has 0 aromatic heterocycles. The van der Waals surface area contributed by atoms with Gasteiger partial charge in [0, 0.05) is 0 Å². The first kappa shape index (κ1) is 8.23. The number of hydrogen-bond donors (Lipinski definition) is 0. The maximum atomic E-state index is 12.1. The van der Waals surface area contributed by atoms with E-state index in [2.05, 4.69) is 0 Å². The Balaban J connectivity index is 3.02. The molecule has 0 aromatic carbocycles. The quantitative estimate of drug-likeness (QED) is 0.490. The summed E-state index contributed by atoms with van der Waals surface area (Å²) < 4.78 is 60.4. The van der Waals surface area contributed by atoms with Crippen LogP contribution in [0.3, 0.4) is 0 Å². The van der Waals surface area contributed by atoms with Crippen LogP contribution in [0.2, 0.25) is 0 Å². The number of hydrogen-bond acceptors (Lipinski definition) is 0. The predicted octanol–water partition coefficient (Wildman–Crippen LogP) is 2.68. The van der Waals surface area contributed by atoms with Gasteiger partial charge in [-0.3, -0.25) is 0 Å². The summed E-state index contributed by atoms with van der Waals surface area (Å²) in [5.74, 6) is -5.66. The van der Waals surface area contributed by atoms with Crippen molar-refractivity contribution in [3.8, 4) is 0 Å². The van der Waals surface area contributed by atoms with E-state index in [1.165, 1.54) is 0 Å². The number of halogens is 5. The topological polar surface area (TPSA) is 0 Å². The van der Waals surface area contributed by atoms with E-state index in [9.17, 15) is 22.0 Å². The molecule has 0 aliphatic heterocycles. The Labute approximate surface area is 59.0 Å². The minimum atomic E-state index is -2.71. The fourth-order valence-electron chi connectivity index (χ4n) is 0.672. The summed E-state index contributed by atoms with van der Waals surface area (Å²) in [4.78, 5) is 0. The van der Waals surface area contributed by atoms with Gasteiger partial charge in [0.05, 0.1) is 0 Å². The first-order valence-corrected chi connectivity index (χ1v) is 2.75. The monoisotopic (exact) mass is 170 g/mol. The molecule has 1 aliphatic carbocycles. The van der Waals surface area contributed by atoms with Crippen LogP contribution in [0.25, 0.3) is 0 Å². The van der Waals surface area contributed by atoms with E-state index in [-0.39, 0.29) is 6.08 Å². The average molecular weight is 170 g/mol. The van der Waals surface area contributed by atoms with Crippen molar-refractivity contribution >= 4 is 0 Å². The molecule has 1 aliphatic rings. The van der Waals surface area contributed by atoms with Gasteiger partial charge in [-0.2, -0.15) is 0 Å². The van der Waals surface area contributed by atoms with Gasteiger partial charge in [-0.15, -0.1) is 0 Å². The van der Waals surface area contributed by atoms with Gasteiger partial charge in [-0.05, 0) is 6.08 Å². The lowest BCUT2D eigenvalue weighted by Crippen LogP contribution is -2.20. The van der Waals surface area contributed by atoms with E-state index in [4.69, 9.17) is 0 Å². The molecule has 0 heterocycles. The maximum Gasteiger partial charge on any atom is 0.193 e. The van der Waals surface area contributed by atoms with E-state index in [0.717, 1.165) is 0 Å². The lowest BCUT2D eigenvalue weighted by atomic mass is 10.1. The Hall–Kier alpha value is -0.870. The van der Waals surface area contributed by atoms with Crippen molar-refractivity contribution in [1.82, 2.24) is 0 Å². The molecule has 0 saturated heterocycles. The molecule has 62 valence electrons. The van der Waals surface area contributed by atoms with Gasteiger partial charge in [0.25, 0.3) is 0 Å². The molecule has 0 N–H and O–H groups in total. The second kappa shape index (κ2) is 2.64. The Morgan fingerprint density at radius 1 is 1.09 bits per heavy atom. The van der Waals surface area contributed by atoms with Crippen molar-refractivity contribution in [2.45, 2.75) is 12.3 Å². The second-order valence-electron chi connectivity index (χ2n) is 2.02. The predicted molar refractivity (Wildman–Crippen MR) is 28.2 cm³/mol. The third-order valence-electron chi connectivity index (χ3n) is 1.25. The molecular formula is C6H3F5. The molecule has 0 nitrogen and oxygen atoms in total. The number of alkyl halides is 2. The third-order valence-corrected chi connectivity index (χ3v) is 1.25. The zero-order chi connectivity index (χ0) is 8.59. The smallest absolute Gasteiger partial charge is 0.193 e. The first-order chi connectivity index (χ1) is 5.04. The number of rotatable bonds is 0. The van der Waals surface area contributed by atoms with Gasteiger partial charge in [-0.25, -0.2) is 22.0 Å². The highest BCUT2D eigenvalue weighted by atomic mass is 19.2. The van der Waals surface area contributed by atoms with Crippen LogP contribution in [0.4, 0.5) is 22.0 Å². The lowest BCUT2D eigenvalue weighted by molar-refractivity contribution is 0.193. The molecule has 1 rings (SSSR count). The minimum absolute atomic E-state index is 0.0586. The van der Waals surface area contributed by atoms with Crippen LogP contribution in [0.5, 0.6) is 0 Å². The molecule has 0 radical (unpaired) electrons. The van der Waals surface area contributed by atoms with Crippen molar-refractivity contribution in [1.29, 1.82) is 0 Å². The summed E-state index contributed by atoms with van der Waals surface area (Å²) in [6.45, 7) is 0. The second-order valence-corrected chi connectivity index (χ2v) is 2.02. The summed E-state index contributed by atoms with van der Waals surface area (Å²) in [6, 6.07) is 0. The van der Waals surface area contributed by atoms with Crippen LogP contribution in [0, 0.1) is 0 Å². The van der Waals surface area contributed by atoms with E-state index in [0.29, 0.717) is 0 Å². The van der Waals surface area contributed by atoms with Gasteiger partial charge in [0.1, 0.15) is 0 Å². The molecule has 0 saturated carbocycles. The highest BCUT2D eigenvalue weighted by Gasteiger charge is 2.33. The fraction of sp³-hybridized carbons (Fsp3) is 0.333. The molecule has 0 spiro atoms. The minimum Gasteiger partial charge on any atom is -0.239 e.